The molecule has 0 radical (unpaired) electrons. The van der Waals surface area contributed by atoms with Gasteiger partial charge in [0.1, 0.15) is 11.6 Å². The maximum atomic E-state index is 15.0. The summed E-state index contributed by atoms with van der Waals surface area (Å²) < 4.78 is 22.2. The Balaban J connectivity index is 1.21. The van der Waals surface area contributed by atoms with Gasteiger partial charge in [-0.25, -0.2) is 14.2 Å². The number of likely N-dealkylation sites (tertiary alicyclic amines) is 2. The molecule has 3 fully saturated rings. The van der Waals surface area contributed by atoms with Gasteiger partial charge < -0.3 is 19.9 Å². The largest absolute Gasteiger partial charge is 0.496 e. The Morgan fingerprint density at radius 2 is 1.86 bits per heavy atom. The summed E-state index contributed by atoms with van der Waals surface area (Å²) in [6, 6.07) is 16.0. The number of hydrogen-bond donors (Lipinski definition) is 1. The first-order valence-electron chi connectivity index (χ1n) is 15.6. The number of para-hydroxylation sites is 1. The van der Waals surface area contributed by atoms with E-state index in [2.05, 4.69) is 10.3 Å². The maximum absolute atomic E-state index is 15.0. The summed E-state index contributed by atoms with van der Waals surface area (Å²) >= 11 is 0. The molecule has 3 heterocycles. The van der Waals surface area contributed by atoms with Crippen molar-refractivity contribution in [3.05, 3.63) is 82.7 Å². The molecule has 8 nitrogen and oxygen atoms in total. The third-order valence-electron chi connectivity index (χ3n) is 10.2. The zero-order chi connectivity index (χ0) is 30.0. The SMILES string of the molecule is CN[C@@H]1CCN(C(=O)N2CC[C@@H](Cn3cnc(-c4ccccc4OC)cc3=O)C3(CCCC3)C2)[C@H](c2ccccc2F)C1. The summed E-state index contributed by atoms with van der Waals surface area (Å²) in [5.74, 6) is 0.693. The Morgan fingerprint density at radius 3 is 2.60 bits per heavy atom. The normalized spacial score (nSPS) is 23.5. The number of piperidine rings is 2. The second-order valence-corrected chi connectivity index (χ2v) is 12.5. The van der Waals surface area contributed by atoms with Crippen LogP contribution in [0.3, 0.4) is 0 Å². The van der Waals surface area contributed by atoms with Crippen molar-refractivity contribution in [3.63, 3.8) is 0 Å². The van der Waals surface area contributed by atoms with Crippen LogP contribution in [0.2, 0.25) is 0 Å². The van der Waals surface area contributed by atoms with Gasteiger partial charge in [0.2, 0.25) is 0 Å². The molecule has 9 heteroatoms. The number of aromatic nitrogens is 2. The lowest BCUT2D eigenvalue weighted by Crippen LogP contribution is -2.57. The lowest BCUT2D eigenvalue weighted by atomic mass is 9.69. The lowest BCUT2D eigenvalue weighted by molar-refractivity contribution is 0.0206. The van der Waals surface area contributed by atoms with Crippen LogP contribution >= 0.6 is 0 Å². The number of amides is 2. The number of nitrogens with zero attached hydrogens (tertiary/aromatic N) is 4. The van der Waals surface area contributed by atoms with Crippen LogP contribution in [-0.4, -0.2) is 65.2 Å². The lowest BCUT2D eigenvalue weighted by Gasteiger charge is -2.49. The van der Waals surface area contributed by atoms with E-state index in [1.54, 1.807) is 30.1 Å². The number of hydrogen-bond acceptors (Lipinski definition) is 5. The molecule has 3 aliphatic rings. The molecule has 2 aliphatic heterocycles. The first-order valence-corrected chi connectivity index (χ1v) is 15.6. The summed E-state index contributed by atoms with van der Waals surface area (Å²) in [6.07, 6.45) is 8.36. The highest BCUT2D eigenvalue weighted by Crippen LogP contribution is 2.49. The molecule has 3 atom stereocenters. The van der Waals surface area contributed by atoms with Crippen LogP contribution in [0.1, 0.15) is 56.6 Å². The van der Waals surface area contributed by atoms with Gasteiger partial charge in [0, 0.05) is 49.4 Å². The highest BCUT2D eigenvalue weighted by atomic mass is 19.1. The van der Waals surface area contributed by atoms with E-state index in [-0.39, 0.29) is 40.8 Å². The molecule has 0 bridgehead atoms. The number of nitrogens with one attached hydrogen (secondary N) is 1. The Morgan fingerprint density at radius 1 is 1.09 bits per heavy atom. The third-order valence-corrected chi connectivity index (χ3v) is 10.2. The minimum Gasteiger partial charge on any atom is -0.496 e. The van der Waals surface area contributed by atoms with E-state index in [4.69, 9.17) is 4.74 Å². The second-order valence-electron chi connectivity index (χ2n) is 12.5. The predicted octanol–water partition coefficient (Wildman–Crippen LogP) is 5.49. The van der Waals surface area contributed by atoms with Crippen LogP contribution in [0.4, 0.5) is 9.18 Å². The maximum Gasteiger partial charge on any atom is 0.320 e. The molecule has 0 unspecified atom stereocenters. The molecule has 1 N–H and O–H groups in total. The molecule has 2 amide bonds. The van der Waals surface area contributed by atoms with Crippen molar-refractivity contribution in [2.24, 2.45) is 11.3 Å². The number of urea groups is 1. The van der Waals surface area contributed by atoms with Crippen LogP contribution in [0.15, 0.2) is 65.7 Å². The molecule has 2 aromatic carbocycles. The summed E-state index contributed by atoms with van der Waals surface area (Å²) in [5.41, 5.74) is 1.86. The fraction of sp³-hybridized carbons (Fsp3) is 0.500. The van der Waals surface area contributed by atoms with Gasteiger partial charge in [-0.05, 0) is 68.7 Å². The number of ether oxygens (including phenoxy) is 1. The van der Waals surface area contributed by atoms with Gasteiger partial charge in [0.25, 0.3) is 5.56 Å². The highest BCUT2D eigenvalue weighted by molar-refractivity contribution is 5.75. The molecule has 1 saturated carbocycles. The summed E-state index contributed by atoms with van der Waals surface area (Å²) in [5, 5.41) is 3.34. The minimum absolute atomic E-state index is 0.00697. The van der Waals surface area contributed by atoms with Gasteiger partial charge in [0.05, 0.1) is 25.2 Å². The first-order chi connectivity index (χ1) is 20.9. The molecule has 228 valence electrons. The fourth-order valence-electron chi connectivity index (χ4n) is 7.78. The zero-order valence-electron chi connectivity index (χ0n) is 25.2. The molecule has 2 saturated heterocycles. The van der Waals surface area contributed by atoms with E-state index in [0.717, 1.165) is 44.1 Å². The van der Waals surface area contributed by atoms with E-state index in [0.29, 0.717) is 49.6 Å². The number of rotatable bonds is 6. The quantitative estimate of drug-likeness (QED) is 0.413. The Bertz CT molecular complexity index is 1500. The highest BCUT2D eigenvalue weighted by Gasteiger charge is 2.47. The van der Waals surface area contributed by atoms with Crippen molar-refractivity contribution in [1.29, 1.82) is 0 Å². The van der Waals surface area contributed by atoms with Gasteiger partial charge in [-0.3, -0.25) is 9.36 Å². The fourth-order valence-corrected chi connectivity index (χ4v) is 7.78. The monoisotopic (exact) mass is 587 g/mol. The van der Waals surface area contributed by atoms with Crippen LogP contribution in [0.25, 0.3) is 11.3 Å². The summed E-state index contributed by atoms with van der Waals surface area (Å²) in [7, 11) is 3.55. The third kappa shape index (κ3) is 5.79. The number of methoxy groups -OCH3 is 1. The minimum atomic E-state index is -0.302. The molecule has 6 rings (SSSR count). The molecule has 1 spiro atoms. The van der Waals surface area contributed by atoms with E-state index in [1.165, 1.54) is 6.07 Å². The van der Waals surface area contributed by atoms with Crippen molar-refractivity contribution in [1.82, 2.24) is 24.7 Å². The van der Waals surface area contributed by atoms with Gasteiger partial charge >= 0.3 is 6.03 Å². The molecule has 43 heavy (non-hydrogen) atoms. The standard InChI is InChI=1S/C34H42FN5O3/c1-36-25-14-18-40(30(19-25)26-9-3-5-11-28(26)35)33(42)38-17-13-24(34(22-38)15-7-8-16-34)21-39-23-37-29(20-32(39)41)27-10-4-6-12-31(27)43-2/h3-6,9-12,20,23-25,30,36H,7-8,13-19,21-22H2,1-2H3/t24-,25+,30-/m0/s1. The first kappa shape index (κ1) is 29.4. The van der Waals surface area contributed by atoms with Gasteiger partial charge in [0.15, 0.2) is 0 Å². The average Bonchev–Trinajstić information content (AvgIpc) is 3.51. The molecular weight excluding hydrogens is 545 g/mol. The molecular formula is C34H42FN5O3. The Hall–Kier alpha value is -3.72. The number of carbonyl (C=O) groups excluding carboxylic acids is 1. The predicted molar refractivity (Wildman–Crippen MR) is 164 cm³/mol. The van der Waals surface area contributed by atoms with Gasteiger partial charge in [-0.15, -0.1) is 0 Å². The van der Waals surface area contributed by atoms with Gasteiger partial charge in [-0.2, -0.15) is 0 Å². The molecule has 1 aromatic heterocycles. The van der Waals surface area contributed by atoms with Crippen LogP contribution in [0, 0.1) is 17.2 Å². The second kappa shape index (κ2) is 12.5. The van der Waals surface area contributed by atoms with Gasteiger partial charge in [-0.1, -0.05) is 43.2 Å². The van der Waals surface area contributed by atoms with Crippen molar-refractivity contribution >= 4 is 6.03 Å². The van der Waals surface area contributed by atoms with E-state index < -0.39 is 0 Å². The van der Waals surface area contributed by atoms with Crippen LogP contribution in [-0.2, 0) is 6.54 Å². The van der Waals surface area contributed by atoms with Crippen molar-refractivity contribution in [3.8, 4) is 17.0 Å². The van der Waals surface area contributed by atoms with Crippen molar-refractivity contribution in [2.45, 2.75) is 63.6 Å². The summed E-state index contributed by atoms with van der Waals surface area (Å²) in [6.45, 7) is 2.48. The zero-order valence-corrected chi connectivity index (χ0v) is 25.2. The Labute approximate surface area is 252 Å². The molecule has 3 aromatic rings. The van der Waals surface area contributed by atoms with Crippen LogP contribution < -0.4 is 15.6 Å². The topological polar surface area (TPSA) is 79.7 Å². The van der Waals surface area contributed by atoms with Crippen LogP contribution in [0.5, 0.6) is 5.75 Å². The smallest absolute Gasteiger partial charge is 0.320 e. The number of halogens is 1. The molecule has 1 aliphatic carbocycles. The Kier molecular flexibility index (Phi) is 8.52. The van der Waals surface area contributed by atoms with Crippen molar-refractivity contribution in [2.75, 3.05) is 33.8 Å². The van der Waals surface area contributed by atoms with Crippen molar-refractivity contribution < 1.29 is 13.9 Å². The van der Waals surface area contributed by atoms with E-state index >= 15 is 0 Å². The number of carbonyl (C=O) groups is 1. The van der Waals surface area contributed by atoms with E-state index in [9.17, 15) is 14.0 Å². The van der Waals surface area contributed by atoms with E-state index in [1.807, 2.05) is 53.2 Å². The number of benzene rings is 2. The summed E-state index contributed by atoms with van der Waals surface area (Å²) in [4.78, 5) is 36.0. The average molecular weight is 588 g/mol.